The van der Waals surface area contributed by atoms with E-state index in [-0.39, 0.29) is 81.5 Å². The third-order valence-corrected chi connectivity index (χ3v) is 20.1. The maximum Gasteiger partial charge on any atom is 0.417 e. The number of hydrogen-bond acceptors (Lipinski definition) is 11. The van der Waals surface area contributed by atoms with E-state index < -0.39 is 173 Å². The number of rotatable bonds is 8. The minimum absolute atomic E-state index is 0.00287. The Balaban J connectivity index is 1.26. The Morgan fingerprint density at radius 1 is 0.600 bits per heavy atom. The lowest BCUT2D eigenvalue weighted by atomic mass is 9.90. The second kappa shape index (κ2) is 31.6. The molecule has 3 saturated heterocycles. The second-order valence-electron chi connectivity index (χ2n) is 26.5. The Kier molecular flexibility index (Phi) is 24.9. The molecule has 524 valence electrons. The number of carbonyl (C=O) groups is 11. The highest BCUT2D eigenvalue weighted by Crippen LogP contribution is 2.38. The van der Waals surface area contributed by atoms with Crippen molar-refractivity contribution in [1.29, 1.82) is 0 Å². The minimum Gasteiger partial charge on any atom is -0.351 e. The molecule has 0 bridgehead atoms. The fourth-order valence-electron chi connectivity index (χ4n) is 13.7. The number of alkyl halides is 6. The van der Waals surface area contributed by atoms with Crippen LogP contribution in [-0.2, 0) is 77.9 Å². The molecule has 2 aromatic carbocycles. The maximum atomic E-state index is 15.2. The molecule has 2 aromatic rings. The molecule has 0 unspecified atom stereocenters. The van der Waals surface area contributed by atoms with Crippen LogP contribution in [0.15, 0.2) is 42.5 Å². The van der Waals surface area contributed by atoms with Crippen LogP contribution in [0.5, 0.6) is 0 Å². The summed E-state index contributed by atoms with van der Waals surface area (Å²) in [6, 6.07) is -2.89. The first-order valence-corrected chi connectivity index (χ1v) is 33.1. The fraction of sp³-hybridized carbons (Fsp3) is 0.652. The third kappa shape index (κ3) is 17.9. The smallest absolute Gasteiger partial charge is 0.351 e. The minimum atomic E-state index is -4.79. The van der Waals surface area contributed by atoms with Crippen molar-refractivity contribution in [3.05, 3.63) is 69.7 Å². The summed E-state index contributed by atoms with van der Waals surface area (Å²) in [4.78, 5) is 169. The molecule has 3 aliphatic heterocycles. The zero-order chi connectivity index (χ0) is 70.2. The topological polar surface area (TPSA) is 259 Å². The van der Waals surface area contributed by atoms with Crippen LogP contribution in [0, 0.1) is 11.8 Å². The van der Waals surface area contributed by atoms with Crippen molar-refractivity contribution >= 4 is 76.6 Å². The largest absolute Gasteiger partial charge is 0.417 e. The molecule has 1 spiro atoms. The average Bonchev–Trinajstić information content (AvgIpc) is 1.77. The number of halogens is 7. The molecule has 4 N–H and O–H groups in total. The zero-order valence-corrected chi connectivity index (χ0v) is 56.2. The summed E-state index contributed by atoms with van der Waals surface area (Å²) in [6.45, 7) is 5.18. The lowest BCUT2D eigenvalue weighted by Gasteiger charge is -2.40. The lowest BCUT2D eigenvalue weighted by molar-refractivity contribution is -0.150. The Morgan fingerprint density at radius 3 is 1.76 bits per heavy atom. The number of benzene rings is 2. The number of amides is 11. The molecule has 2 saturated carbocycles. The monoisotopic (exact) mass is 1360 g/mol. The summed E-state index contributed by atoms with van der Waals surface area (Å²) in [5.41, 5.74) is -3.21. The van der Waals surface area contributed by atoms with Crippen molar-refractivity contribution in [3.63, 3.8) is 0 Å². The molecule has 7 rings (SSSR count). The van der Waals surface area contributed by atoms with Crippen molar-refractivity contribution in [2.24, 2.45) is 11.8 Å². The van der Waals surface area contributed by atoms with Crippen molar-refractivity contribution in [2.45, 2.75) is 203 Å². The van der Waals surface area contributed by atoms with Crippen molar-refractivity contribution in [3.8, 4) is 0 Å². The van der Waals surface area contributed by atoms with Crippen LogP contribution in [0.2, 0.25) is 5.02 Å². The van der Waals surface area contributed by atoms with E-state index in [1.165, 1.54) is 67.8 Å². The van der Waals surface area contributed by atoms with Gasteiger partial charge in [-0.05, 0) is 125 Å². The molecule has 95 heavy (non-hydrogen) atoms. The summed E-state index contributed by atoms with van der Waals surface area (Å²) in [5, 5.41) is 10.8. The van der Waals surface area contributed by atoms with Crippen molar-refractivity contribution in [1.82, 2.24) is 55.6 Å². The molecule has 0 radical (unpaired) electrons. The van der Waals surface area contributed by atoms with E-state index in [0.29, 0.717) is 38.5 Å². The van der Waals surface area contributed by atoms with E-state index in [4.69, 9.17) is 11.6 Å². The van der Waals surface area contributed by atoms with E-state index in [2.05, 4.69) is 21.3 Å². The number of aryl methyl sites for hydroxylation is 1. The fourth-order valence-corrected chi connectivity index (χ4v) is 14.0. The highest BCUT2D eigenvalue weighted by atomic mass is 35.5. The van der Waals surface area contributed by atoms with Gasteiger partial charge in [0, 0.05) is 67.2 Å². The van der Waals surface area contributed by atoms with Crippen molar-refractivity contribution in [2.75, 3.05) is 61.4 Å². The predicted octanol–water partition coefficient (Wildman–Crippen LogP) is 5.50. The van der Waals surface area contributed by atoms with Crippen molar-refractivity contribution < 1.29 is 79.1 Å². The molecule has 5 fully saturated rings. The van der Waals surface area contributed by atoms with Crippen LogP contribution in [0.25, 0.3) is 0 Å². The van der Waals surface area contributed by atoms with Gasteiger partial charge in [-0.2, -0.15) is 26.3 Å². The zero-order valence-electron chi connectivity index (χ0n) is 55.4. The first kappa shape index (κ1) is 74.9. The van der Waals surface area contributed by atoms with Gasteiger partial charge in [0.25, 0.3) is 0 Å². The summed E-state index contributed by atoms with van der Waals surface area (Å²) in [7, 11) is 6.73. The van der Waals surface area contributed by atoms with E-state index >= 15 is 14.4 Å². The van der Waals surface area contributed by atoms with E-state index in [1.54, 1.807) is 20.8 Å². The number of fused-ring (bicyclic) bond motifs is 2. The van der Waals surface area contributed by atoms with E-state index in [0.717, 1.165) is 63.9 Å². The third-order valence-electron chi connectivity index (χ3n) is 19.8. The lowest BCUT2D eigenvalue weighted by Crippen LogP contribution is -2.64. The van der Waals surface area contributed by atoms with Gasteiger partial charge in [-0.15, -0.1) is 0 Å². The van der Waals surface area contributed by atoms with Gasteiger partial charge < -0.3 is 55.6 Å². The summed E-state index contributed by atoms with van der Waals surface area (Å²) < 4.78 is 82.9. The average molecular weight is 1360 g/mol. The second-order valence-corrected chi connectivity index (χ2v) is 26.9. The standard InChI is InChI=1S/C66H90ClF6N11O11/c1-10-38(2)54-62(94)79(6)36-52(86)78(5)37-53(87)81(8)50(35-42-21-25-44(26-22-42)65(68,69)70)61(93)84-32-15-19-48(84)57(89)75-47(28-24-41-23-27-45(46(67)34-41)66(71,72)73)60(92)83-31-16-20-49(83)58(90)77-64(29-13-14-30-64)63(95)82(9)55(43-17-11-12-18-43)59(91)74-39(3)33-51(85)80(7)40(4)56(88)76-54/h21-23,25-27,34,38-40,43,47-50,54-55H,10-20,24,28-33,35-37H2,1-9H3,(H,74,91)(H,75,89)(H,76,88)(H,77,90)/t38-,39+,40-,47-,48+,49-,50-,54-,55-/m0/s1. The Hall–Kier alpha value is -7.52. The van der Waals surface area contributed by atoms with Crippen LogP contribution >= 0.6 is 11.6 Å². The molecule has 9 atom stereocenters. The molecule has 11 amide bonds. The Labute approximate surface area is 555 Å². The molecule has 22 nitrogen and oxygen atoms in total. The summed E-state index contributed by atoms with van der Waals surface area (Å²) >= 11 is 6.13. The SMILES string of the molecule is CC[C@H](C)[C@@H]1NC(=O)[C@H](C)N(C)C(=O)C[C@@H](C)NC(=O)[C@H](C2CCCC2)N(C)C(=O)C2(CCCC2)NC(=O)[C@@H]2CCCN2C(=O)[C@H](CCc2ccc(C(F)(F)F)c(Cl)c2)NC(=O)[C@H]2CCCN2C(=O)[C@H](Cc2ccc(C(F)(F)F)cc2)N(C)C(=O)CN(C)C(=O)CN(C)C1=O. The highest BCUT2D eigenvalue weighted by Gasteiger charge is 2.51. The van der Waals surface area contributed by atoms with Gasteiger partial charge in [0.2, 0.25) is 65.0 Å². The quantitative estimate of drug-likeness (QED) is 0.240. The molecular weight excluding hydrogens is 1270 g/mol. The maximum absolute atomic E-state index is 15.2. The predicted molar refractivity (Wildman–Crippen MR) is 337 cm³/mol. The Bertz CT molecular complexity index is 3180. The van der Waals surface area contributed by atoms with E-state index in [1.807, 2.05) is 0 Å². The number of likely N-dealkylation sites (N-methyl/N-ethyl adjacent to an activating group) is 5. The van der Waals surface area contributed by atoms with Gasteiger partial charge in [-0.1, -0.05) is 75.8 Å². The number of carbonyl (C=O) groups excluding carboxylic acids is 11. The van der Waals surface area contributed by atoms with Gasteiger partial charge >= 0.3 is 12.4 Å². The molecular formula is C66H90ClF6N11O11. The van der Waals surface area contributed by atoms with Gasteiger partial charge in [0.1, 0.15) is 47.8 Å². The van der Waals surface area contributed by atoms with Gasteiger partial charge in [0.05, 0.1) is 29.2 Å². The highest BCUT2D eigenvalue weighted by molar-refractivity contribution is 6.31. The van der Waals surface area contributed by atoms with Gasteiger partial charge in [-0.25, -0.2) is 0 Å². The molecule has 3 heterocycles. The number of nitrogens with zero attached hydrogens (tertiary/aromatic N) is 7. The van der Waals surface area contributed by atoms with Crippen LogP contribution < -0.4 is 21.3 Å². The molecule has 2 aliphatic carbocycles. The number of hydrogen-bond donors (Lipinski definition) is 4. The van der Waals surface area contributed by atoms with Crippen LogP contribution in [0.4, 0.5) is 26.3 Å². The normalized spacial score (nSPS) is 26.8. The molecule has 5 aliphatic rings. The number of nitrogens with one attached hydrogen (secondary N) is 4. The van der Waals surface area contributed by atoms with Crippen LogP contribution in [0.3, 0.4) is 0 Å². The van der Waals surface area contributed by atoms with Gasteiger partial charge in [-0.3, -0.25) is 52.7 Å². The van der Waals surface area contributed by atoms with Crippen LogP contribution in [-0.4, -0.2) is 215 Å². The molecule has 29 heteroatoms. The first-order chi connectivity index (χ1) is 44.6. The van der Waals surface area contributed by atoms with E-state index in [9.17, 15) is 64.7 Å². The van der Waals surface area contributed by atoms with Crippen LogP contribution in [0.1, 0.15) is 146 Å². The summed E-state index contributed by atoms with van der Waals surface area (Å²) in [5.74, 6) is -8.55. The van der Waals surface area contributed by atoms with Gasteiger partial charge in [0.15, 0.2) is 0 Å². The molecule has 0 aromatic heterocycles. The summed E-state index contributed by atoms with van der Waals surface area (Å²) in [6.07, 6.45) is -5.39. The Morgan fingerprint density at radius 2 is 1.18 bits per heavy atom. The first-order valence-electron chi connectivity index (χ1n) is 32.7.